The average molecular weight is 262 g/mol. The largest absolute Gasteiger partial charge is 0.481 e. The molecule has 1 amide bonds. The Kier molecular flexibility index (Phi) is 3.74. The first-order valence-corrected chi connectivity index (χ1v) is 6.26. The smallest absolute Gasteiger partial charge is 0.305 e. The van der Waals surface area contributed by atoms with Crippen LogP contribution in [0.2, 0.25) is 0 Å². The van der Waals surface area contributed by atoms with Crippen LogP contribution in [0.3, 0.4) is 0 Å². The monoisotopic (exact) mass is 262 g/mol. The molecule has 0 saturated carbocycles. The summed E-state index contributed by atoms with van der Waals surface area (Å²) in [4.78, 5) is 26.3. The predicted molar refractivity (Wildman–Crippen MR) is 72.2 cm³/mol. The van der Waals surface area contributed by atoms with Crippen molar-refractivity contribution in [3.63, 3.8) is 0 Å². The molecule has 19 heavy (non-hydrogen) atoms. The zero-order chi connectivity index (χ0) is 14.0. The zero-order valence-corrected chi connectivity index (χ0v) is 11.2. The molecule has 1 N–H and O–H groups in total. The highest BCUT2D eigenvalue weighted by atomic mass is 16.4. The second kappa shape index (κ2) is 5.30. The SMILES string of the molecule is Cc1ccc(N2CC(=O)N(C)C(CC(=O)O)C2)cc1. The molecule has 1 atom stereocenters. The number of hydrogen-bond donors (Lipinski definition) is 1. The minimum absolute atomic E-state index is 0.0232. The summed E-state index contributed by atoms with van der Waals surface area (Å²) in [5, 5.41) is 8.91. The van der Waals surface area contributed by atoms with E-state index >= 15 is 0 Å². The van der Waals surface area contributed by atoms with Gasteiger partial charge in [0.1, 0.15) is 0 Å². The van der Waals surface area contributed by atoms with Crippen LogP contribution < -0.4 is 4.90 Å². The van der Waals surface area contributed by atoms with Crippen molar-refractivity contribution in [3.05, 3.63) is 29.8 Å². The number of hydrogen-bond acceptors (Lipinski definition) is 3. The lowest BCUT2D eigenvalue weighted by Crippen LogP contribution is -2.55. The summed E-state index contributed by atoms with van der Waals surface area (Å²) in [6.07, 6.45) is -0.0232. The van der Waals surface area contributed by atoms with Crippen LogP contribution in [0.1, 0.15) is 12.0 Å². The molecule has 1 fully saturated rings. The number of carbonyl (C=O) groups excluding carboxylic acids is 1. The Balaban J connectivity index is 2.16. The van der Waals surface area contributed by atoms with Crippen LogP contribution in [0.4, 0.5) is 5.69 Å². The van der Waals surface area contributed by atoms with Gasteiger partial charge in [0.05, 0.1) is 19.0 Å². The van der Waals surface area contributed by atoms with Crippen LogP contribution in [0.25, 0.3) is 0 Å². The number of aryl methyl sites for hydroxylation is 1. The summed E-state index contributed by atoms with van der Waals surface area (Å²) in [5.74, 6) is -0.923. The Labute approximate surface area is 112 Å². The first-order valence-electron chi connectivity index (χ1n) is 6.26. The van der Waals surface area contributed by atoms with Crippen molar-refractivity contribution >= 4 is 17.6 Å². The Morgan fingerprint density at radius 1 is 1.37 bits per heavy atom. The Morgan fingerprint density at radius 2 is 2.00 bits per heavy atom. The maximum Gasteiger partial charge on any atom is 0.305 e. The average Bonchev–Trinajstić information content (AvgIpc) is 2.35. The van der Waals surface area contributed by atoms with E-state index < -0.39 is 5.97 Å². The van der Waals surface area contributed by atoms with E-state index in [0.29, 0.717) is 13.1 Å². The third-order valence-electron chi connectivity index (χ3n) is 3.51. The maximum atomic E-state index is 11.9. The number of piperazine rings is 1. The van der Waals surface area contributed by atoms with E-state index in [0.717, 1.165) is 11.3 Å². The van der Waals surface area contributed by atoms with E-state index in [-0.39, 0.29) is 18.4 Å². The first kappa shape index (κ1) is 13.4. The van der Waals surface area contributed by atoms with Gasteiger partial charge in [0.2, 0.25) is 5.91 Å². The van der Waals surface area contributed by atoms with Crippen LogP contribution in [0, 0.1) is 6.92 Å². The highest BCUT2D eigenvalue weighted by Gasteiger charge is 2.31. The molecule has 0 aromatic heterocycles. The molecule has 1 aromatic carbocycles. The third-order valence-corrected chi connectivity index (χ3v) is 3.51. The lowest BCUT2D eigenvalue weighted by Gasteiger charge is -2.39. The van der Waals surface area contributed by atoms with Crippen LogP contribution in [-0.4, -0.2) is 48.1 Å². The number of nitrogens with zero attached hydrogens (tertiary/aromatic N) is 2. The number of benzene rings is 1. The van der Waals surface area contributed by atoms with Gasteiger partial charge in [0, 0.05) is 19.3 Å². The van der Waals surface area contributed by atoms with Gasteiger partial charge in [-0.2, -0.15) is 0 Å². The molecule has 1 aliphatic heterocycles. The summed E-state index contributed by atoms with van der Waals surface area (Å²) in [5.41, 5.74) is 2.12. The van der Waals surface area contributed by atoms with Gasteiger partial charge in [-0.15, -0.1) is 0 Å². The summed E-state index contributed by atoms with van der Waals surface area (Å²) in [7, 11) is 1.67. The number of rotatable bonds is 3. The van der Waals surface area contributed by atoms with Gasteiger partial charge < -0.3 is 14.9 Å². The van der Waals surface area contributed by atoms with Crippen LogP contribution in [-0.2, 0) is 9.59 Å². The van der Waals surface area contributed by atoms with Crippen LogP contribution in [0.15, 0.2) is 24.3 Å². The number of carboxylic acids is 1. The van der Waals surface area contributed by atoms with E-state index in [2.05, 4.69) is 0 Å². The van der Waals surface area contributed by atoms with Gasteiger partial charge in [-0.1, -0.05) is 17.7 Å². The third kappa shape index (κ3) is 3.05. The van der Waals surface area contributed by atoms with Crippen molar-refractivity contribution in [1.82, 2.24) is 4.90 Å². The van der Waals surface area contributed by atoms with Crippen molar-refractivity contribution < 1.29 is 14.7 Å². The first-order chi connectivity index (χ1) is 8.97. The van der Waals surface area contributed by atoms with E-state index in [9.17, 15) is 9.59 Å². The molecule has 1 unspecified atom stereocenters. The predicted octanol–water partition coefficient (Wildman–Crippen LogP) is 1.12. The Bertz CT molecular complexity index is 484. The molecule has 5 nitrogen and oxygen atoms in total. The molecule has 0 spiro atoms. The fraction of sp³-hybridized carbons (Fsp3) is 0.429. The molecule has 1 aliphatic rings. The van der Waals surface area contributed by atoms with Crippen LogP contribution in [0.5, 0.6) is 0 Å². The fourth-order valence-corrected chi connectivity index (χ4v) is 2.28. The van der Waals surface area contributed by atoms with Crippen molar-refractivity contribution in [3.8, 4) is 0 Å². The topological polar surface area (TPSA) is 60.9 Å². The molecular formula is C14H18N2O3. The summed E-state index contributed by atoms with van der Waals surface area (Å²) < 4.78 is 0. The molecule has 1 heterocycles. The molecule has 5 heteroatoms. The second-order valence-electron chi connectivity index (χ2n) is 4.97. The number of carbonyl (C=O) groups is 2. The summed E-state index contributed by atoms with van der Waals surface area (Å²) >= 11 is 0. The standard InChI is InChI=1S/C14H18N2O3/c1-10-3-5-11(6-4-10)16-8-12(7-14(18)19)15(2)13(17)9-16/h3-6,12H,7-9H2,1-2H3,(H,18,19). The van der Waals surface area contributed by atoms with Gasteiger partial charge in [-0.3, -0.25) is 9.59 Å². The highest BCUT2D eigenvalue weighted by molar-refractivity contribution is 5.84. The summed E-state index contributed by atoms with van der Waals surface area (Å²) in [6.45, 7) is 2.86. The van der Waals surface area contributed by atoms with Gasteiger partial charge in [0.15, 0.2) is 0 Å². The number of likely N-dealkylation sites (N-methyl/N-ethyl adjacent to an activating group) is 1. The molecular weight excluding hydrogens is 244 g/mol. The molecule has 2 rings (SSSR count). The van der Waals surface area contributed by atoms with Gasteiger partial charge in [-0.05, 0) is 19.1 Å². The van der Waals surface area contributed by atoms with Crippen molar-refractivity contribution in [1.29, 1.82) is 0 Å². The molecule has 1 aromatic rings. The second-order valence-corrected chi connectivity index (χ2v) is 4.97. The maximum absolute atomic E-state index is 11.9. The minimum atomic E-state index is -0.879. The Hall–Kier alpha value is -2.04. The minimum Gasteiger partial charge on any atom is -0.481 e. The molecule has 1 saturated heterocycles. The lowest BCUT2D eigenvalue weighted by molar-refractivity contribution is -0.140. The van der Waals surface area contributed by atoms with Gasteiger partial charge in [0.25, 0.3) is 0 Å². The molecule has 0 aliphatic carbocycles. The number of anilines is 1. The number of amides is 1. The Morgan fingerprint density at radius 3 is 2.58 bits per heavy atom. The summed E-state index contributed by atoms with van der Waals surface area (Å²) in [6, 6.07) is 7.63. The normalized spacial score (nSPS) is 19.7. The van der Waals surface area contributed by atoms with Gasteiger partial charge in [-0.25, -0.2) is 0 Å². The highest BCUT2D eigenvalue weighted by Crippen LogP contribution is 2.20. The fourth-order valence-electron chi connectivity index (χ4n) is 2.28. The number of aliphatic carboxylic acids is 1. The van der Waals surface area contributed by atoms with E-state index in [4.69, 9.17) is 5.11 Å². The van der Waals surface area contributed by atoms with E-state index in [1.165, 1.54) is 0 Å². The zero-order valence-electron chi connectivity index (χ0n) is 11.2. The number of carboxylic acid groups (broad SMARTS) is 1. The quantitative estimate of drug-likeness (QED) is 0.886. The van der Waals surface area contributed by atoms with E-state index in [1.807, 2.05) is 36.1 Å². The van der Waals surface area contributed by atoms with Crippen LogP contribution >= 0.6 is 0 Å². The molecule has 0 radical (unpaired) electrons. The van der Waals surface area contributed by atoms with Crippen molar-refractivity contribution in [2.75, 3.05) is 25.0 Å². The van der Waals surface area contributed by atoms with Gasteiger partial charge >= 0.3 is 5.97 Å². The lowest BCUT2D eigenvalue weighted by atomic mass is 10.1. The molecule has 102 valence electrons. The van der Waals surface area contributed by atoms with E-state index in [1.54, 1.807) is 11.9 Å². The van der Waals surface area contributed by atoms with Crippen molar-refractivity contribution in [2.24, 2.45) is 0 Å². The molecule has 0 bridgehead atoms. The van der Waals surface area contributed by atoms with Crippen molar-refractivity contribution in [2.45, 2.75) is 19.4 Å².